The van der Waals surface area contributed by atoms with Crippen LogP contribution in [0.5, 0.6) is 0 Å². The highest BCUT2D eigenvalue weighted by atomic mass is 14.6. The van der Waals surface area contributed by atoms with Crippen molar-refractivity contribution in [3.8, 4) is 0 Å². The third-order valence-corrected chi connectivity index (χ3v) is 6.54. The van der Waals surface area contributed by atoms with E-state index < -0.39 is 0 Å². The molecule has 0 atom stereocenters. The highest BCUT2D eigenvalue weighted by Crippen LogP contribution is 2.63. The Morgan fingerprint density at radius 1 is 0.542 bits per heavy atom. The lowest BCUT2D eigenvalue weighted by Crippen LogP contribution is -2.51. The van der Waals surface area contributed by atoms with E-state index in [1.807, 2.05) is 0 Å². The van der Waals surface area contributed by atoms with Gasteiger partial charge in [0.25, 0.3) is 0 Å². The summed E-state index contributed by atoms with van der Waals surface area (Å²) in [5.74, 6) is 0.491. The molecular weight excluding hydrogens is 288 g/mol. The van der Waals surface area contributed by atoms with Crippen LogP contribution in [-0.2, 0) is 10.8 Å². The Morgan fingerprint density at radius 3 is 1.12 bits per heavy atom. The van der Waals surface area contributed by atoms with Crippen LogP contribution in [-0.4, -0.2) is 0 Å². The van der Waals surface area contributed by atoms with Crippen molar-refractivity contribution in [2.45, 2.75) is 31.6 Å². The topological polar surface area (TPSA) is 0 Å². The maximum absolute atomic E-state index is 2.41. The van der Waals surface area contributed by atoms with Crippen LogP contribution in [0.25, 0.3) is 0 Å². The van der Waals surface area contributed by atoms with Gasteiger partial charge in [-0.05, 0) is 46.2 Å². The van der Waals surface area contributed by atoms with Gasteiger partial charge in [-0.3, -0.25) is 0 Å². The first-order valence-corrected chi connectivity index (χ1v) is 8.93. The van der Waals surface area contributed by atoms with Crippen LogP contribution in [0.1, 0.15) is 54.2 Å². The highest BCUT2D eigenvalue weighted by Gasteiger charge is 2.57. The molecule has 0 saturated carbocycles. The molecule has 24 heavy (non-hydrogen) atoms. The molecule has 118 valence electrons. The summed E-state index contributed by atoms with van der Waals surface area (Å²) in [5.41, 5.74) is 8.85. The maximum atomic E-state index is 2.41. The molecule has 0 amide bonds. The average molecular weight is 310 g/mol. The molecule has 3 aromatic rings. The van der Waals surface area contributed by atoms with E-state index in [1.165, 1.54) is 33.4 Å². The second-order valence-corrected chi connectivity index (χ2v) is 7.72. The van der Waals surface area contributed by atoms with E-state index in [0.717, 1.165) is 0 Å². The Labute approximate surface area is 144 Å². The summed E-state index contributed by atoms with van der Waals surface area (Å²) in [6.45, 7) is 7.16. The van der Waals surface area contributed by atoms with Gasteiger partial charge in [0, 0.05) is 10.8 Å². The first-order valence-electron chi connectivity index (χ1n) is 8.93. The fourth-order valence-corrected chi connectivity index (χ4v) is 5.59. The van der Waals surface area contributed by atoms with E-state index in [1.54, 1.807) is 0 Å². The van der Waals surface area contributed by atoms with Gasteiger partial charge in [-0.2, -0.15) is 0 Å². The number of hydrogen-bond donors (Lipinski definition) is 0. The maximum Gasteiger partial charge on any atom is 0.0483 e. The second kappa shape index (κ2) is 4.39. The SMILES string of the molecule is CC(C)C12c3ccccc3C(C)(c3ccccc31)c1ccccc12. The van der Waals surface area contributed by atoms with Crippen molar-refractivity contribution in [1.82, 2.24) is 0 Å². The minimum atomic E-state index is -0.0551. The van der Waals surface area contributed by atoms with Crippen molar-refractivity contribution >= 4 is 0 Å². The lowest BCUT2D eigenvalue weighted by atomic mass is 9.45. The van der Waals surface area contributed by atoms with Gasteiger partial charge in [0.1, 0.15) is 0 Å². The molecular formula is C24H22. The van der Waals surface area contributed by atoms with Crippen molar-refractivity contribution in [2.24, 2.45) is 5.92 Å². The molecule has 3 aromatic carbocycles. The van der Waals surface area contributed by atoms with Crippen LogP contribution >= 0.6 is 0 Å². The van der Waals surface area contributed by atoms with E-state index >= 15 is 0 Å². The fraction of sp³-hybridized carbons (Fsp3) is 0.250. The lowest BCUT2D eigenvalue weighted by Gasteiger charge is -2.57. The zero-order valence-corrected chi connectivity index (χ0v) is 14.5. The lowest BCUT2D eigenvalue weighted by molar-refractivity contribution is 0.378. The molecule has 2 bridgehead atoms. The summed E-state index contributed by atoms with van der Waals surface area (Å²) in [5, 5.41) is 0. The van der Waals surface area contributed by atoms with E-state index in [4.69, 9.17) is 0 Å². The second-order valence-electron chi connectivity index (χ2n) is 7.72. The summed E-state index contributed by atoms with van der Waals surface area (Å²) in [7, 11) is 0. The van der Waals surface area contributed by atoms with Crippen molar-refractivity contribution in [3.63, 3.8) is 0 Å². The van der Waals surface area contributed by atoms with Crippen molar-refractivity contribution in [3.05, 3.63) is 106 Å². The third-order valence-electron chi connectivity index (χ3n) is 6.54. The molecule has 0 spiro atoms. The number of rotatable bonds is 1. The van der Waals surface area contributed by atoms with Gasteiger partial charge in [-0.15, -0.1) is 0 Å². The molecule has 0 fully saturated rings. The van der Waals surface area contributed by atoms with Crippen molar-refractivity contribution < 1.29 is 0 Å². The van der Waals surface area contributed by atoms with Crippen LogP contribution in [0.15, 0.2) is 72.8 Å². The third kappa shape index (κ3) is 1.30. The zero-order valence-electron chi connectivity index (χ0n) is 14.5. The predicted molar refractivity (Wildman–Crippen MR) is 99.6 cm³/mol. The molecule has 0 saturated heterocycles. The Balaban J connectivity index is 2.07. The van der Waals surface area contributed by atoms with Gasteiger partial charge in [-0.1, -0.05) is 86.6 Å². The summed E-state index contributed by atoms with van der Waals surface area (Å²) in [4.78, 5) is 0. The molecule has 0 radical (unpaired) electrons. The highest BCUT2D eigenvalue weighted by molar-refractivity contribution is 5.75. The molecule has 0 N–H and O–H groups in total. The van der Waals surface area contributed by atoms with Gasteiger partial charge >= 0.3 is 0 Å². The molecule has 0 heteroatoms. The van der Waals surface area contributed by atoms with Gasteiger partial charge in [-0.25, -0.2) is 0 Å². The fourth-order valence-electron chi connectivity index (χ4n) is 5.59. The first kappa shape index (κ1) is 14.0. The van der Waals surface area contributed by atoms with E-state index in [9.17, 15) is 0 Å². The monoisotopic (exact) mass is 310 g/mol. The number of benzene rings is 3. The number of hydrogen-bond acceptors (Lipinski definition) is 0. The molecule has 0 aliphatic heterocycles. The van der Waals surface area contributed by atoms with Gasteiger partial charge in [0.15, 0.2) is 0 Å². The summed E-state index contributed by atoms with van der Waals surface area (Å²) >= 11 is 0. The Hall–Kier alpha value is -2.34. The van der Waals surface area contributed by atoms with Crippen LogP contribution in [0.2, 0.25) is 0 Å². The molecule has 0 nitrogen and oxygen atoms in total. The zero-order chi connectivity index (χ0) is 16.5. The summed E-state index contributed by atoms with van der Waals surface area (Å²) < 4.78 is 0. The van der Waals surface area contributed by atoms with Crippen LogP contribution < -0.4 is 0 Å². The van der Waals surface area contributed by atoms with Crippen LogP contribution in [0.4, 0.5) is 0 Å². The Kier molecular flexibility index (Phi) is 2.57. The quantitative estimate of drug-likeness (QED) is 0.544. The molecule has 3 aliphatic rings. The van der Waals surface area contributed by atoms with E-state index in [2.05, 4.69) is 93.6 Å². The smallest absolute Gasteiger partial charge is 0.0483 e. The largest absolute Gasteiger partial charge is 0.0619 e. The van der Waals surface area contributed by atoms with Crippen LogP contribution in [0, 0.1) is 5.92 Å². The minimum absolute atomic E-state index is 0.0401. The normalized spacial score (nSPS) is 26.0. The molecule has 0 aromatic heterocycles. The summed E-state index contributed by atoms with van der Waals surface area (Å²) in [6, 6.07) is 27.3. The molecule has 3 aliphatic carbocycles. The molecule has 0 heterocycles. The first-order chi connectivity index (χ1) is 11.6. The Bertz CT molecular complexity index is 843. The van der Waals surface area contributed by atoms with Crippen molar-refractivity contribution in [1.29, 1.82) is 0 Å². The van der Waals surface area contributed by atoms with Crippen LogP contribution in [0.3, 0.4) is 0 Å². The molecule has 0 unspecified atom stereocenters. The minimum Gasteiger partial charge on any atom is -0.0619 e. The average Bonchev–Trinajstić information content (AvgIpc) is 2.62. The standard InChI is InChI=1S/C24H22/c1-16(2)24-20-13-7-4-10-17(20)23(3,18-11-5-8-14-21(18)24)19-12-6-9-15-22(19)24/h4-16H,1-3H3. The van der Waals surface area contributed by atoms with Crippen molar-refractivity contribution in [2.75, 3.05) is 0 Å². The van der Waals surface area contributed by atoms with Gasteiger partial charge in [0.2, 0.25) is 0 Å². The Morgan fingerprint density at radius 2 is 0.833 bits per heavy atom. The van der Waals surface area contributed by atoms with E-state index in [-0.39, 0.29) is 10.8 Å². The molecule has 6 rings (SSSR count). The predicted octanol–water partition coefficient (Wildman–Crippen LogP) is 5.66. The van der Waals surface area contributed by atoms with Gasteiger partial charge in [0.05, 0.1) is 0 Å². The van der Waals surface area contributed by atoms with Gasteiger partial charge < -0.3 is 0 Å². The van der Waals surface area contributed by atoms with E-state index in [0.29, 0.717) is 5.92 Å². The summed E-state index contributed by atoms with van der Waals surface area (Å²) in [6.07, 6.45) is 0.